The summed E-state index contributed by atoms with van der Waals surface area (Å²) in [5.41, 5.74) is 1.72. The van der Waals surface area contributed by atoms with Crippen molar-refractivity contribution >= 4 is 52.9 Å². The molecule has 2 aromatic carbocycles. The van der Waals surface area contributed by atoms with E-state index in [1.165, 1.54) is 62.3 Å². The molecule has 2 heterocycles. The average Bonchev–Trinajstić information content (AvgIpc) is 3.51. The Morgan fingerprint density at radius 3 is 2.27 bits per heavy atom. The van der Waals surface area contributed by atoms with Gasteiger partial charge in [-0.2, -0.15) is 0 Å². The predicted molar refractivity (Wildman–Crippen MR) is 205 cm³/mol. The van der Waals surface area contributed by atoms with E-state index in [1.807, 2.05) is 0 Å². The van der Waals surface area contributed by atoms with Crippen LogP contribution in [0.4, 0.5) is 26.7 Å². The summed E-state index contributed by atoms with van der Waals surface area (Å²) in [5, 5.41) is 7.92. The molecule has 0 spiro atoms. The number of nitrogens with one attached hydrogen (secondary N) is 3. The number of esters is 1. The Balaban J connectivity index is 1.64. The minimum atomic E-state index is -1.06. The summed E-state index contributed by atoms with van der Waals surface area (Å²) in [5.74, 6) is -1.97. The van der Waals surface area contributed by atoms with Gasteiger partial charge in [0.1, 0.15) is 25.3 Å². The number of hydrogen-bond donors (Lipinski definition) is 3. The van der Waals surface area contributed by atoms with Crippen LogP contribution in [0.15, 0.2) is 55.6 Å². The van der Waals surface area contributed by atoms with E-state index in [1.54, 1.807) is 32.0 Å². The number of ether oxygens (including phenoxy) is 6. The number of benzene rings is 2. The van der Waals surface area contributed by atoms with Crippen LogP contribution < -0.4 is 35.2 Å². The van der Waals surface area contributed by atoms with Crippen molar-refractivity contribution in [3.8, 4) is 11.5 Å². The molecule has 4 atom stereocenters. The maximum absolute atomic E-state index is 14.6. The van der Waals surface area contributed by atoms with Crippen LogP contribution in [0, 0.1) is 5.92 Å². The highest BCUT2D eigenvalue weighted by atomic mass is 16.6. The molecule has 5 amide bonds. The number of carbonyl (C=O) groups excluding carboxylic acids is 6. The smallest absolute Gasteiger partial charge is 0.416 e. The Morgan fingerprint density at radius 2 is 1.62 bits per heavy atom. The fourth-order valence-electron chi connectivity index (χ4n) is 6.28. The Hall–Kier alpha value is -6.10. The van der Waals surface area contributed by atoms with Gasteiger partial charge in [-0.15, -0.1) is 0 Å². The lowest BCUT2D eigenvalue weighted by Crippen LogP contribution is -2.53. The first-order valence-corrected chi connectivity index (χ1v) is 17.9. The van der Waals surface area contributed by atoms with Gasteiger partial charge in [0.05, 0.1) is 38.1 Å². The first-order chi connectivity index (χ1) is 26.8. The van der Waals surface area contributed by atoms with Crippen molar-refractivity contribution in [2.24, 2.45) is 5.92 Å². The van der Waals surface area contributed by atoms with Crippen molar-refractivity contribution in [3.63, 3.8) is 0 Å². The molecule has 3 N–H and O–H groups in total. The molecule has 0 saturated heterocycles. The van der Waals surface area contributed by atoms with Gasteiger partial charge < -0.3 is 44.4 Å². The average molecular weight is 780 g/mol. The number of amides is 5. The minimum Gasteiger partial charge on any atom is -0.493 e. The highest BCUT2D eigenvalue weighted by molar-refractivity contribution is 6.15. The summed E-state index contributed by atoms with van der Waals surface area (Å²) >= 11 is 0. The van der Waals surface area contributed by atoms with E-state index in [2.05, 4.69) is 29.1 Å². The number of anilines is 3. The lowest BCUT2D eigenvalue weighted by atomic mass is 10.0. The second-order valence-corrected chi connectivity index (χ2v) is 13.2. The van der Waals surface area contributed by atoms with Crippen LogP contribution >= 0.6 is 0 Å². The lowest BCUT2D eigenvalue weighted by Gasteiger charge is -2.34. The van der Waals surface area contributed by atoms with E-state index in [0.717, 1.165) is 5.56 Å². The van der Waals surface area contributed by atoms with E-state index < -0.39 is 60.2 Å². The third-order valence-corrected chi connectivity index (χ3v) is 9.03. The van der Waals surface area contributed by atoms with Crippen LogP contribution in [-0.2, 0) is 39.8 Å². The molecule has 0 bridgehead atoms. The van der Waals surface area contributed by atoms with E-state index in [-0.39, 0.29) is 61.3 Å². The number of carbonyl (C=O) groups is 6. The normalized spacial score (nSPS) is 16.5. The van der Waals surface area contributed by atoms with Gasteiger partial charge in [0.25, 0.3) is 5.91 Å². The van der Waals surface area contributed by atoms with Gasteiger partial charge in [-0.25, -0.2) is 14.5 Å². The van der Waals surface area contributed by atoms with Gasteiger partial charge in [-0.3, -0.25) is 24.1 Å². The number of nitrogens with zero attached hydrogens (tertiary/aromatic N) is 2. The summed E-state index contributed by atoms with van der Waals surface area (Å²) in [7, 11) is 4.11. The van der Waals surface area contributed by atoms with E-state index in [0.29, 0.717) is 17.8 Å². The van der Waals surface area contributed by atoms with Crippen molar-refractivity contribution in [1.82, 2.24) is 10.6 Å². The molecule has 17 nitrogen and oxygen atoms in total. The molecular formula is C39H49N5O12. The molecule has 0 saturated carbocycles. The van der Waals surface area contributed by atoms with Gasteiger partial charge in [-0.1, -0.05) is 45.2 Å². The largest absolute Gasteiger partial charge is 0.493 e. The quantitative estimate of drug-likeness (QED) is 0.0901. The van der Waals surface area contributed by atoms with Crippen molar-refractivity contribution in [2.45, 2.75) is 64.4 Å². The monoisotopic (exact) mass is 779 g/mol. The maximum Gasteiger partial charge on any atom is 0.416 e. The summed E-state index contributed by atoms with van der Waals surface area (Å²) in [4.78, 5) is 81.3. The molecule has 0 fully saturated rings. The number of methoxy groups -OCH3 is 3. The van der Waals surface area contributed by atoms with Crippen LogP contribution in [0.3, 0.4) is 0 Å². The number of rotatable bonds is 17. The van der Waals surface area contributed by atoms with Crippen molar-refractivity contribution in [1.29, 1.82) is 0 Å². The summed E-state index contributed by atoms with van der Waals surface area (Å²) < 4.78 is 32.6. The first kappa shape index (κ1) is 42.6. The molecule has 0 aliphatic carbocycles. The number of hydrogen-bond acceptors (Lipinski definition) is 12. The fraction of sp³-hybridized carbons (Fsp3) is 0.436. The minimum absolute atomic E-state index is 0.0360. The highest BCUT2D eigenvalue weighted by Crippen LogP contribution is 2.45. The van der Waals surface area contributed by atoms with Crippen molar-refractivity contribution in [2.75, 3.05) is 56.3 Å². The van der Waals surface area contributed by atoms with Gasteiger partial charge >= 0.3 is 18.2 Å². The first-order valence-electron chi connectivity index (χ1n) is 17.9. The van der Waals surface area contributed by atoms with Crippen molar-refractivity contribution in [3.05, 3.63) is 66.8 Å². The molecule has 2 aromatic rings. The lowest BCUT2D eigenvalue weighted by molar-refractivity contribution is -0.140. The van der Waals surface area contributed by atoms with Gasteiger partial charge in [-0.05, 0) is 49.4 Å². The zero-order chi connectivity index (χ0) is 41.1. The maximum atomic E-state index is 14.6. The Kier molecular flexibility index (Phi) is 14.8. The number of fused-ring (bicyclic) bond motifs is 4. The SMILES string of the molecule is C=CCOC(=O)N[C@H](C(=O)N[C@@H](C)C(=O)Nc1ccc2c(c1)N1C(=O)c3cc(OC)c(OCCCC(=O)OC)cc3N(C(=O)OCC=C)[C@@H](OC)[C@@H]1C2)C(C)C. The predicted octanol–water partition coefficient (Wildman–Crippen LogP) is 4.09. The standard InChI is InChI=1S/C39H49N5O12/c1-9-15-55-38(49)42-33(22(3)4)35(47)40-23(5)34(46)41-25-14-13-24-18-29-37(53-8)44(39(50)56-16-10-2)28-21-31(54-17-11-12-32(45)52-7)30(51-6)20-26(28)36(48)43(29)27(24)19-25/h9-10,13-14,19-23,29,33,37H,1-2,11-12,15-18H2,3-8H3,(H,40,47)(H,41,46)(H,42,49)/t23-,29-,33-,37-/m0/s1. The topological polar surface area (TPSA) is 200 Å². The van der Waals surface area contributed by atoms with Crippen molar-refractivity contribution < 1.29 is 57.2 Å². The van der Waals surface area contributed by atoms with Crippen LogP contribution in [0.5, 0.6) is 11.5 Å². The Bertz CT molecular complexity index is 1830. The van der Waals surface area contributed by atoms with Crippen LogP contribution in [0.2, 0.25) is 0 Å². The van der Waals surface area contributed by atoms with Gasteiger partial charge in [0.15, 0.2) is 17.7 Å². The molecule has 2 aliphatic rings. The third kappa shape index (κ3) is 9.76. The van der Waals surface area contributed by atoms with Gasteiger partial charge in [0, 0.05) is 31.0 Å². The highest BCUT2D eigenvalue weighted by Gasteiger charge is 2.48. The molecule has 302 valence electrons. The molecule has 56 heavy (non-hydrogen) atoms. The second kappa shape index (κ2) is 19.5. The molecule has 2 aliphatic heterocycles. The zero-order valence-electron chi connectivity index (χ0n) is 32.4. The number of alkyl carbamates (subject to hydrolysis) is 1. The second-order valence-electron chi connectivity index (χ2n) is 13.2. The summed E-state index contributed by atoms with van der Waals surface area (Å²) in [6.07, 6.45) is 0.854. The van der Waals surface area contributed by atoms with E-state index in [9.17, 15) is 28.8 Å². The molecule has 0 radical (unpaired) electrons. The van der Waals surface area contributed by atoms with Crippen LogP contribution in [0.1, 0.15) is 49.5 Å². The molecule has 4 rings (SSSR count). The fourth-order valence-corrected chi connectivity index (χ4v) is 6.28. The zero-order valence-corrected chi connectivity index (χ0v) is 32.4. The van der Waals surface area contributed by atoms with E-state index in [4.69, 9.17) is 28.4 Å². The van der Waals surface area contributed by atoms with Crippen LogP contribution in [0.25, 0.3) is 0 Å². The molecular weight excluding hydrogens is 730 g/mol. The van der Waals surface area contributed by atoms with Gasteiger partial charge in [0.2, 0.25) is 11.8 Å². The summed E-state index contributed by atoms with van der Waals surface area (Å²) in [6, 6.07) is 5.24. The Labute approximate surface area is 325 Å². The molecule has 17 heteroatoms. The van der Waals surface area contributed by atoms with Crippen LogP contribution in [-0.4, -0.2) is 101 Å². The van der Waals surface area contributed by atoms with E-state index >= 15 is 0 Å². The third-order valence-electron chi connectivity index (χ3n) is 9.03. The molecule has 0 aromatic heterocycles. The summed E-state index contributed by atoms with van der Waals surface area (Å²) in [6.45, 7) is 12.0. The molecule has 0 unspecified atom stereocenters. The Morgan fingerprint density at radius 1 is 0.911 bits per heavy atom.